The lowest BCUT2D eigenvalue weighted by Gasteiger charge is -2.39. The van der Waals surface area contributed by atoms with E-state index in [9.17, 15) is 14.7 Å². The maximum Gasteiger partial charge on any atom is 0.257 e. The number of amides is 2. The first-order chi connectivity index (χ1) is 27.1. The van der Waals surface area contributed by atoms with Gasteiger partial charge < -0.3 is 38.8 Å². The Morgan fingerprint density at radius 1 is 0.807 bits per heavy atom. The largest absolute Gasteiger partial charge is 0.493 e. The third-order valence-corrected chi connectivity index (χ3v) is 11.9. The van der Waals surface area contributed by atoms with Crippen molar-refractivity contribution in [2.24, 2.45) is 15.8 Å². The van der Waals surface area contributed by atoms with Crippen LogP contribution in [0, 0.1) is 23.7 Å². The van der Waals surface area contributed by atoms with Crippen LogP contribution in [0.15, 0.2) is 53.6 Å². The average molecular weight is 783 g/mol. The molecule has 0 saturated carbocycles. The number of benzene rings is 2. The van der Waals surface area contributed by atoms with E-state index in [0.29, 0.717) is 78.2 Å². The van der Waals surface area contributed by atoms with Crippen LogP contribution < -0.4 is 23.8 Å². The lowest BCUT2D eigenvalue weighted by molar-refractivity contribution is 0.0486. The molecule has 0 spiro atoms. The van der Waals surface area contributed by atoms with E-state index >= 15 is 0 Å². The van der Waals surface area contributed by atoms with Crippen molar-refractivity contribution >= 4 is 29.4 Å². The van der Waals surface area contributed by atoms with Gasteiger partial charge in [0.25, 0.3) is 11.8 Å². The van der Waals surface area contributed by atoms with Gasteiger partial charge in [0.1, 0.15) is 6.23 Å². The van der Waals surface area contributed by atoms with Crippen LogP contribution >= 0.6 is 0 Å². The van der Waals surface area contributed by atoms with Crippen LogP contribution in [-0.4, -0.2) is 97.8 Å². The highest BCUT2D eigenvalue weighted by Crippen LogP contribution is 2.44. The van der Waals surface area contributed by atoms with Crippen molar-refractivity contribution < 1.29 is 33.6 Å². The van der Waals surface area contributed by atoms with Gasteiger partial charge in [0.15, 0.2) is 23.0 Å². The molecule has 4 aliphatic heterocycles. The summed E-state index contributed by atoms with van der Waals surface area (Å²) >= 11 is 0. The molecule has 0 radical (unpaired) electrons. The Labute approximate surface area is 339 Å². The number of carbonyl (C=O) groups excluding carboxylic acids is 2. The predicted octanol–water partition coefficient (Wildman–Crippen LogP) is 8.22. The Kier molecular flexibility index (Phi) is 13.4. The minimum atomic E-state index is -0.864. The van der Waals surface area contributed by atoms with Gasteiger partial charge in [-0.05, 0) is 67.9 Å². The number of aliphatic hydroxyl groups is 1. The van der Waals surface area contributed by atoms with E-state index < -0.39 is 6.23 Å². The quantitative estimate of drug-likeness (QED) is 0.142. The molecular weight excluding hydrogens is 721 g/mol. The zero-order chi connectivity index (χ0) is 41.8. The molecule has 1 N–H and O–H groups in total. The number of carbonyl (C=O) groups is 2. The third kappa shape index (κ3) is 9.12. The van der Waals surface area contributed by atoms with Crippen molar-refractivity contribution in [3.8, 4) is 35.8 Å². The molecule has 57 heavy (non-hydrogen) atoms. The van der Waals surface area contributed by atoms with Gasteiger partial charge in [0.2, 0.25) is 0 Å². The fourth-order valence-corrected chi connectivity index (χ4v) is 8.29. The summed E-state index contributed by atoms with van der Waals surface area (Å²) in [5, 5.41) is 11.8. The van der Waals surface area contributed by atoms with Crippen molar-refractivity contribution in [3.63, 3.8) is 0 Å². The van der Waals surface area contributed by atoms with E-state index in [1.165, 1.54) is 0 Å². The van der Waals surface area contributed by atoms with E-state index in [4.69, 9.17) is 18.9 Å². The molecule has 2 amide bonds. The fourth-order valence-electron chi connectivity index (χ4n) is 8.29. The van der Waals surface area contributed by atoms with Crippen LogP contribution in [0.2, 0.25) is 0 Å². The van der Waals surface area contributed by atoms with Gasteiger partial charge >= 0.3 is 0 Å². The standard InChI is InChI=1S/C44H60N4O7.C2H2/c1-11-29(12-2)48-34-22-39(37(53-10)20-32(34)41(50)47-25-28(4)18-35(47)42(48)51)54-16-15-43(5,6)13-14-44(7,8)26-55-38-21-33-31(19-36(38)52-9)40(49)46-24-27(3)17-30(46)23-45-33;1-2/h19-23,29-30,35,42,51H,3-4,11-18,24-26H2,1-2,5-10H3;1-2H/t30?,35-,42-;/m0./s1. The van der Waals surface area contributed by atoms with Crippen molar-refractivity contribution in [1.29, 1.82) is 0 Å². The molecule has 2 saturated heterocycles. The Bertz CT molecular complexity index is 1890. The zero-order valence-electron chi connectivity index (χ0n) is 35.2. The van der Waals surface area contributed by atoms with Crippen molar-refractivity contribution in [2.45, 2.75) is 111 Å². The maximum atomic E-state index is 13.9. The average Bonchev–Trinajstić information content (AvgIpc) is 3.73. The number of aliphatic imine (C=N–C) groups is 1. The molecule has 3 atom stereocenters. The SMILES string of the molecule is C#C.C=C1CC2C=Nc3cc(OCC(C)(C)CCC(C)(C)CCOc4cc5c(cc4OC)C(=O)N4CC(=C)C[C@H]4[C@H](O)N5C(CC)CC)c(OC)cc3C(=O)N2C1. The second-order valence-corrected chi connectivity index (χ2v) is 17.2. The first kappa shape index (κ1) is 43.2. The van der Waals surface area contributed by atoms with Crippen LogP contribution in [0.5, 0.6) is 23.0 Å². The van der Waals surface area contributed by atoms with Gasteiger partial charge in [0, 0.05) is 37.5 Å². The molecule has 2 fully saturated rings. The first-order valence-corrected chi connectivity index (χ1v) is 20.1. The lowest BCUT2D eigenvalue weighted by atomic mass is 9.78. The molecule has 11 nitrogen and oxygen atoms in total. The molecule has 0 aliphatic carbocycles. The second-order valence-electron chi connectivity index (χ2n) is 17.2. The van der Waals surface area contributed by atoms with Crippen LogP contribution in [0.4, 0.5) is 11.4 Å². The molecule has 2 aromatic rings. The number of nitrogens with zero attached hydrogens (tertiary/aromatic N) is 4. The van der Waals surface area contributed by atoms with Crippen LogP contribution in [0.25, 0.3) is 0 Å². The van der Waals surface area contributed by atoms with Gasteiger partial charge in [-0.2, -0.15) is 0 Å². The first-order valence-electron chi connectivity index (χ1n) is 20.1. The molecular formula is C46H62N4O7. The van der Waals surface area contributed by atoms with Gasteiger partial charge in [-0.15, -0.1) is 12.8 Å². The molecule has 308 valence electrons. The molecule has 4 heterocycles. The summed E-state index contributed by atoms with van der Waals surface area (Å²) in [5.41, 5.74) is 4.04. The lowest BCUT2D eigenvalue weighted by Crippen LogP contribution is -2.52. The summed E-state index contributed by atoms with van der Waals surface area (Å²) in [4.78, 5) is 37.6. The van der Waals surface area contributed by atoms with Gasteiger partial charge in [-0.3, -0.25) is 14.6 Å². The smallest absolute Gasteiger partial charge is 0.257 e. The van der Waals surface area contributed by atoms with Crippen LogP contribution in [-0.2, 0) is 0 Å². The molecule has 4 aliphatic rings. The van der Waals surface area contributed by atoms with Crippen LogP contribution in [0.1, 0.15) is 107 Å². The number of hydrogen-bond donors (Lipinski definition) is 1. The van der Waals surface area contributed by atoms with E-state index in [-0.39, 0.29) is 40.8 Å². The Balaban J connectivity index is 0.00000305. The molecule has 11 heteroatoms. The number of aliphatic hydroxyl groups excluding tert-OH is 1. The highest BCUT2D eigenvalue weighted by Gasteiger charge is 2.45. The van der Waals surface area contributed by atoms with E-state index in [1.54, 1.807) is 31.3 Å². The molecule has 0 aromatic heterocycles. The van der Waals surface area contributed by atoms with E-state index in [2.05, 4.69) is 72.5 Å². The van der Waals surface area contributed by atoms with E-state index in [0.717, 1.165) is 49.7 Å². The zero-order valence-corrected chi connectivity index (χ0v) is 35.2. The summed E-state index contributed by atoms with van der Waals surface area (Å²) in [6.45, 7) is 23.2. The number of rotatable bonds is 15. The third-order valence-electron chi connectivity index (χ3n) is 11.9. The number of fused-ring (bicyclic) bond motifs is 4. The molecule has 6 rings (SSSR count). The van der Waals surface area contributed by atoms with Crippen molar-refractivity contribution in [2.75, 3.05) is 45.4 Å². The molecule has 0 bridgehead atoms. The Morgan fingerprint density at radius 2 is 1.39 bits per heavy atom. The minimum absolute atomic E-state index is 0.0394. The number of anilines is 1. The summed E-state index contributed by atoms with van der Waals surface area (Å²) in [7, 11) is 3.18. The van der Waals surface area contributed by atoms with Gasteiger partial charge in [-0.1, -0.05) is 65.8 Å². The highest BCUT2D eigenvalue weighted by atomic mass is 16.5. The summed E-state index contributed by atoms with van der Waals surface area (Å²) < 4.78 is 24.3. The Morgan fingerprint density at radius 3 is 2.04 bits per heavy atom. The number of terminal acetylenes is 1. The van der Waals surface area contributed by atoms with Gasteiger partial charge in [0.05, 0.1) is 62.0 Å². The topological polar surface area (TPSA) is 113 Å². The van der Waals surface area contributed by atoms with Crippen LogP contribution in [0.3, 0.4) is 0 Å². The highest BCUT2D eigenvalue weighted by molar-refractivity contribution is 6.04. The number of methoxy groups -OCH3 is 2. The molecule has 1 unspecified atom stereocenters. The summed E-state index contributed by atoms with van der Waals surface area (Å²) in [6.07, 6.45) is 14.5. The summed E-state index contributed by atoms with van der Waals surface area (Å²) in [6, 6.07) is 6.82. The molecule has 2 aromatic carbocycles. The summed E-state index contributed by atoms with van der Waals surface area (Å²) in [5.74, 6) is 1.93. The monoisotopic (exact) mass is 782 g/mol. The number of hydrogen-bond acceptors (Lipinski definition) is 9. The predicted molar refractivity (Wildman–Crippen MR) is 226 cm³/mol. The van der Waals surface area contributed by atoms with E-state index in [1.807, 2.05) is 28.1 Å². The van der Waals surface area contributed by atoms with Crippen molar-refractivity contribution in [3.05, 3.63) is 59.7 Å². The maximum absolute atomic E-state index is 13.9. The van der Waals surface area contributed by atoms with Gasteiger partial charge in [-0.25, -0.2) is 0 Å². The minimum Gasteiger partial charge on any atom is -0.493 e. The second kappa shape index (κ2) is 17.7. The normalized spacial score (nSPS) is 20.3. The number of ether oxygens (including phenoxy) is 4. The fraction of sp³-hybridized carbons (Fsp3) is 0.543. The van der Waals surface area contributed by atoms with Crippen molar-refractivity contribution in [1.82, 2.24) is 9.80 Å². The Hall–Kier alpha value is -4.95.